The van der Waals surface area contributed by atoms with E-state index in [1.165, 1.54) is 5.56 Å². The molecule has 0 saturated carbocycles. The van der Waals surface area contributed by atoms with Crippen molar-refractivity contribution in [2.45, 2.75) is 12.8 Å². The summed E-state index contributed by atoms with van der Waals surface area (Å²) in [7, 11) is 1.68. The van der Waals surface area contributed by atoms with Crippen LogP contribution in [0.4, 0.5) is 5.69 Å². The van der Waals surface area contributed by atoms with Crippen molar-refractivity contribution in [3.05, 3.63) is 22.7 Å². The van der Waals surface area contributed by atoms with Crippen LogP contribution in [0.25, 0.3) is 0 Å². The van der Waals surface area contributed by atoms with Crippen molar-refractivity contribution in [3.8, 4) is 5.75 Å². The predicted molar refractivity (Wildman–Crippen MR) is 62.1 cm³/mol. The predicted octanol–water partition coefficient (Wildman–Crippen LogP) is 3.13. The summed E-state index contributed by atoms with van der Waals surface area (Å²) in [6, 6.07) is 3.80. The van der Waals surface area contributed by atoms with E-state index in [2.05, 4.69) is 5.32 Å². The van der Waals surface area contributed by atoms with Crippen molar-refractivity contribution in [2.24, 2.45) is 0 Å². The van der Waals surface area contributed by atoms with Gasteiger partial charge in [0.2, 0.25) is 0 Å². The van der Waals surface area contributed by atoms with Gasteiger partial charge in [0, 0.05) is 11.6 Å². The molecule has 78 valence electrons. The largest absolute Gasteiger partial charge is 0.495 e. The number of fused-ring (bicyclic) bond motifs is 1. The Bertz CT molecular complexity index is 328. The molecular formula is C10H13Cl2NO. The third-order valence-electron chi connectivity index (χ3n) is 2.34. The summed E-state index contributed by atoms with van der Waals surface area (Å²) in [5, 5.41) is 4.15. The lowest BCUT2D eigenvalue weighted by atomic mass is 10.0. The van der Waals surface area contributed by atoms with E-state index in [4.69, 9.17) is 16.3 Å². The molecule has 1 N–H and O–H groups in total. The topological polar surface area (TPSA) is 21.3 Å². The number of nitrogens with one attached hydrogen (secondary N) is 1. The second kappa shape index (κ2) is 4.76. The molecule has 0 atom stereocenters. The van der Waals surface area contributed by atoms with E-state index in [1.807, 2.05) is 12.1 Å². The SMILES string of the molecule is COc1ccc(Cl)c2c1NCCC2.Cl. The second-order valence-corrected chi connectivity index (χ2v) is 3.54. The number of methoxy groups -OCH3 is 1. The lowest BCUT2D eigenvalue weighted by molar-refractivity contribution is 0.415. The van der Waals surface area contributed by atoms with E-state index in [-0.39, 0.29) is 12.4 Å². The summed E-state index contributed by atoms with van der Waals surface area (Å²) in [5.74, 6) is 0.888. The molecule has 0 aliphatic carbocycles. The lowest BCUT2D eigenvalue weighted by Crippen LogP contribution is -2.13. The zero-order valence-electron chi connectivity index (χ0n) is 7.97. The van der Waals surface area contributed by atoms with Crippen molar-refractivity contribution >= 4 is 29.7 Å². The second-order valence-electron chi connectivity index (χ2n) is 3.13. The Morgan fingerprint density at radius 3 is 2.93 bits per heavy atom. The molecule has 0 spiro atoms. The quantitative estimate of drug-likeness (QED) is 0.805. The Morgan fingerprint density at radius 1 is 1.43 bits per heavy atom. The van der Waals surface area contributed by atoms with Crippen LogP contribution in [0.5, 0.6) is 5.75 Å². The first-order valence-electron chi connectivity index (χ1n) is 4.42. The molecule has 0 fully saturated rings. The van der Waals surface area contributed by atoms with Gasteiger partial charge in [-0.3, -0.25) is 0 Å². The summed E-state index contributed by atoms with van der Waals surface area (Å²) in [4.78, 5) is 0. The van der Waals surface area contributed by atoms with E-state index in [1.54, 1.807) is 7.11 Å². The van der Waals surface area contributed by atoms with Gasteiger partial charge in [-0.25, -0.2) is 0 Å². The van der Waals surface area contributed by atoms with Gasteiger partial charge in [-0.05, 0) is 30.5 Å². The van der Waals surface area contributed by atoms with Crippen LogP contribution in [0.2, 0.25) is 5.02 Å². The lowest BCUT2D eigenvalue weighted by Gasteiger charge is -2.21. The molecule has 1 aliphatic heterocycles. The summed E-state index contributed by atoms with van der Waals surface area (Å²) in [5.41, 5.74) is 2.26. The molecule has 1 aliphatic rings. The van der Waals surface area contributed by atoms with Gasteiger partial charge in [-0.2, -0.15) is 0 Å². The van der Waals surface area contributed by atoms with Crippen LogP contribution in [0, 0.1) is 0 Å². The van der Waals surface area contributed by atoms with E-state index in [0.717, 1.165) is 35.8 Å². The molecule has 14 heavy (non-hydrogen) atoms. The van der Waals surface area contributed by atoms with Gasteiger partial charge in [-0.1, -0.05) is 11.6 Å². The molecule has 0 bridgehead atoms. The van der Waals surface area contributed by atoms with E-state index < -0.39 is 0 Å². The Labute approximate surface area is 95.0 Å². The molecule has 1 heterocycles. The third kappa shape index (κ3) is 1.91. The summed E-state index contributed by atoms with van der Waals surface area (Å²) < 4.78 is 5.25. The number of halogens is 2. The maximum absolute atomic E-state index is 6.08. The fourth-order valence-electron chi connectivity index (χ4n) is 1.69. The fraction of sp³-hybridized carbons (Fsp3) is 0.400. The summed E-state index contributed by atoms with van der Waals surface area (Å²) >= 11 is 6.08. The molecule has 0 unspecified atom stereocenters. The number of anilines is 1. The van der Waals surface area contributed by atoms with Crippen molar-refractivity contribution in [2.75, 3.05) is 19.0 Å². The minimum atomic E-state index is 0. The van der Waals surface area contributed by atoms with Crippen LogP contribution in [0.1, 0.15) is 12.0 Å². The van der Waals surface area contributed by atoms with E-state index in [0.29, 0.717) is 0 Å². The molecule has 0 amide bonds. The Balaban J connectivity index is 0.000000980. The average molecular weight is 234 g/mol. The molecule has 0 aromatic heterocycles. The van der Waals surface area contributed by atoms with Crippen molar-refractivity contribution in [1.29, 1.82) is 0 Å². The molecule has 0 saturated heterocycles. The van der Waals surface area contributed by atoms with Gasteiger partial charge in [0.05, 0.1) is 12.8 Å². The minimum Gasteiger partial charge on any atom is -0.495 e. The zero-order valence-corrected chi connectivity index (χ0v) is 9.54. The summed E-state index contributed by atoms with van der Waals surface area (Å²) in [6.07, 6.45) is 2.18. The third-order valence-corrected chi connectivity index (χ3v) is 2.70. The minimum absolute atomic E-state index is 0. The fourth-order valence-corrected chi connectivity index (χ4v) is 1.94. The van der Waals surface area contributed by atoms with Crippen LogP contribution in [0.15, 0.2) is 12.1 Å². The Kier molecular flexibility index (Phi) is 3.90. The van der Waals surface area contributed by atoms with Gasteiger partial charge >= 0.3 is 0 Å². The van der Waals surface area contributed by atoms with Crippen molar-refractivity contribution < 1.29 is 4.74 Å². The van der Waals surface area contributed by atoms with Gasteiger partial charge in [0.15, 0.2) is 0 Å². The van der Waals surface area contributed by atoms with Crippen LogP contribution in [-0.2, 0) is 6.42 Å². The van der Waals surface area contributed by atoms with Gasteiger partial charge in [0.1, 0.15) is 5.75 Å². The molecule has 4 heteroatoms. The van der Waals surface area contributed by atoms with Crippen LogP contribution in [-0.4, -0.2) is 13.7 Å². The van der Waals surface area contributed by atoms with E-state index in [9.17, 15) is 0 Å². The number of hydrogen-bond donors (Lipinski definition) is 1. The first-order valence-corrected chi connectivity index (χ1v) is 4.80. The molecule has 2 nitrogen and oxygen atoms in total. The van der Waals surface area contributed by atoms with E-state index >= 15 is 0 Å². The average Bonchev–Trinajstić information content (AvgIpc) is 2.19. The van der Waals surface area contributed by atoms with Gasteiger partial charge < -0.3 is 10.1 Å². The monoisotopic (exact) mass is 233 g/mol. The van der Waals surface area contributed by atoms with Crippen molar-refractivity contribution in [3.63, 3.8) is 0 Å². The summed E-state index contributed by atoms with van der Waals surface area (Å²) in [6.45, 7) is 1.00. The number of hydrogen-bond acceptors (Lipinski definition) is 2. The highest BCUT2D eigenvalue weighted by atomic mass is 35.5. The molecule has 1 aromatic carbocycles. The first kappa shape index (κ1) is 11.5. The highest BCUT2D eigenvalue weighted by Gasteiger charge is 2.15. The number of benzene rings is 1. The smallest absolute Gasteiger partial charge is 0.142 e. The number of rotatable bonds is 1. The highest BCUT2D eigenvalue weighted by Crippen LogP contribution is 2.36. The maximum Gasteiger partial charge on any atom is 0.142 e. The molecular weight excluding hydrogens is 221 g/mol. The molecule has 2 rings (SSSR count). The maximum atomic E-state index is 6.08. The molecule has 0 radical (unpaired) electrons. The van der Waals surface area contributed by atoms with Gasteiger partial charge in [0.25, 0.3) is 0 Å². The molecule has 1 aromatic rings. The first-order chi connectivity index (χ1) is 6.33. The van der Waals surface area contributed by atoms with Crippen molar-refractivity contribution in [1.82, 2.24) is 0 Å². The Hall–Kier alpha value is -0.600. The number of ether oxygens (including phenoxy) is 1. The van der Waals surface area contributed by atoms with Crippen LogP contribution in [0.3, 0.4) is 0 Å². The normalized spacial score (nSPS) is 13.6. The standard InChI is InChI=1S/C10H12ClNO.ClH/c1-13-9-5-4-8(11)7-3-2-6-12-10(7)9;/h4-5,12H,2-3,6H2,1H3;1H. The zero-order chi connectivity index (χ0) is 9.26. The van der Waals surface area contributed by atoms with Crippen LogP contribution < -0.4 is 10.1 Å². The Morgan fingerprint density at radius 2 is 2.21 bits per heavy atom. The van der Waals surface area contributed by atoms with Crippen LogP contribution >= 0.6 is 24.0 Å². The van der Waals surface area contributed by atoms with Gasteiger partial charge in [-0.15, -0.1) is 12.4 Å². The highest BCUT2D eigenvalue weighted by molar-refractivity contribution is 6.31.